The SMILES string of the molecule is CCC(CC)CN(CC)Cc1ccc(C(=O)O)s1. The van der Waals surface area contributed by atoms with E-state index in [4.69, 9.17) is 5.11 Å². The van der Waals surface area contributed by atoms with Crippen LogP contribution in [0.15, 0.2) is 12.1 Å². The summed E-state index contributed by atoms with van der Waals surface area (Å²) >= 11 is 1.39. The summed E-state index contributed by atoms with van der Waals surface area (Å²) in [5.74, 6) is -0.0850. The van der Waals surface area contributed by atoms with Gasteiger partial charge in [-0.15, -0.1) is 11.3 Å². The molecule has 0 fully saturated rings. The highest BCUT2D eigenvalue weighted by Gasteiger charge is 2.13. The third-order valence-corrected chi connectivity index (χ3v) is 4.43. The Balaban J connectivity index is 2.58. The molecule has 1 N–H and O–H groups in total. The molecule has 0 unspecified atom stereocenters. The molecule has 0 aliphatic rings. The minimum atomic E-state index is -0.825. The van der Waals surface area contributed by atoms with Gasteiger partial charge in [-0.3, -0.25) is 4.90 Å². The predicted molar refractivity (Wildman–Crippen MR) is 76.3 cm³/mol. The molecule has 0 aliphatic heterocycles. The first-order valence-corrected chi connectivity index (χ1v) is 7.46. The third-order valence-electron chi connectivity index (χ3n) is 3.37. The second kappa shape index (κ2) is 7.54. The lowest BCUT2D eigenvalue weighted by Crippen LogP contribution is -2.28. The average Bonchev–Trinajstić information content (AvgIpc) is 2.83. The van der Waals surface area contributed by atoms with Crippen LogP contribution >= 0.6 is 11.3 Å². The van der Waals surface area contributed by atoms with Gasteiger partial charge in [-0.2, -0.15) is 0 Å². The standard InChI is InChI=1S/C14H23NO2S/c1-4-11(5-2)9-15(6-3)10-12-7-8-13(18-12)14(16)17/h7-8,11H,4-6,9-10H2,1-3H3,(H,16,17). The van der Waals surface area contributed by atoms with Crippen molar-refractivity contribution in [2.24, 2.45) is 5.92 Å². The fraction of sp³-hybridized carbons (Fsp3) is 0.643. The van der Waals surface area contributed by atoms with Gasteiger partial charge in [0.25, 0.3) is 0 Å². The van der Waals surface area contributed by atoms with Gasteiger partial charge in [-0.1, -0.05) is 33.6 Å². The maximum Gasteiger partial charge on any atom is 0.345 e. The molecule has 0 aromatic carbocycles. The van der Waals surface area contributed by atoms with Crippen molar-refractivity contribution in [3.8, 4) is 0 Å². The van der Waals surface area contributed by atoms with Crippen molar-refractivity contribution < 1.29 is 9.90 Å². The third kappa shape index (κ3) is 4.42. The topological polar surface area (TPSA) is 40.5 Å². The van der Waals surface area contributed by atoms with Gasteiger partial charge < -0.3 is 5.11 Å². The van der Waals surface area contributed by atoms with E-state index in [9.17, 15) is 4.79 Å². The number of aromatic carboxylic acids is 1. The first-order chi connectivity index (χ1) is 8.60. The van der Waals surface area contributed by atoms with E-state index in [1.807, 2.05) is 6.07 Å². The van der Waals surface area contributed by atoms with Gasteiger partial charge in [-0.05, 0) is 24.6 Å². The zero-order valence-corrected chi connectivity index (χ0v) is 12.3. The molecule has 3 nitrogen and oxygen atoms in total. The highest BCUT2D eigenvalue weighted by Crippen LogP contribution is 2.19. The van der Waals surface area contributed by atoms with E-state index >= 15 is 0 Å². The van der Waals surface area contributed by atoms with Crippen LogP contribution in [-0.2, 0) is 6.54 Å². The number of hydrogen-bond acceptors (Lipinski definition) is 3. The van der Waals surface area contributed by atoms with Crippen LogP contribution < -0.4 is 0 Å². The van der Waals surface area contributed by atoms with Crippen molar-refractivity contribution >= 4 is 17.3 Å². The van der Waals surface area contributed by atoms with Crippen molar-refractivity contribution in [1.29, 1.82) is 0 Å². The molecule has 1 heterocycles. The van der Waals surface area contributed by atoms with E-state index in [1.54, 1.807) is 6.07 Å². The van der Waals surface area contributed by atoms with Crippen LogP contribution in [0.4, 0.5) is 0 Å². The smallest absolute Gasteiger partial charge is 0.345 e. The van der Waals surface area contributed by atoms with Gasteiger partial charge >= 0.3 is 5.97 Å². The maximum absolute atomic E-state index is 10.8. The van der Waals surface area contributed by atoms with E-state index in [-0.39, 0.29) is 0 Å². The van der Waals surface area contributed by atoms with Crippen LogP contribution in [-0.4, -0.2) is 29.1 Å². The lowest BCUT2D eigenvalue weighted by Gasteiger charge is -2.24. The van der Waals surface area contributed by atoms with Crippen molar-refractivity contribution in [2.75, 3.05) is 13.1 Å². The molecule has 0 bridgehead atoms. The molecule has 0 amide bonds. The number of nitrogens with zero attached hydrogens (tertiary/aromatic N) is 1. The summed E-state index contributed by atoms with van der Waals surface area (Å²) < 4.78 is 0. The zero-order valence-electron chi connectivity index (χ0n) is 11.5. The van der Waals surface area contributed by atoms with E-state index in [0.29, 0.717) is 4.88 Å². The molecule has 102 valence electrons. The number of carbonyl (C=O) groups is 1. The predicted octanol–water partition coefficient (Wildman–Crippen LogP) is 3.70. The molecular formula is C14H23NO2S. The molecule has 0 saturated carbocycles. The molecule has 1 aromatic heterocycles. The first-order valence-electron chi connectivity index (χ1n) is 6.64. The van der Waals surface area contributed by atoms with Gasteiger partial charge in [0.2, 0.25) is 0 Å². The Morgan fingerprint density at radius 1 is 1.33 bits per heavy atom. The number of hydrogen-bond donors (Lipinski definition) is 1. The molecule has 0 aliphatic carbocycles. The minimum Gasteiger partial charge on any atom is -0.477 e. The highest BCUT2D eigenvalue weighted by atomic mass is 32.1. The lowest BCUT2D eigenvalue weighted by atomic mass is 10.0. The molecule has 0 atom stereocenters. The van der Waals surface area contributed by atoms with Crippen LogP contribution in [0.3, 0.4) is 0 Å². The van der Waals surface area contributed by atoms with E-state index in [0.717, 1.165) is 30.4 Å². The molecule has 0 radical (unpaired) electrons. The van der Waals surface area contributed by atoms with Crippen LogP contribution in [0, 0.1) is 5.92 Å². The molecule has 18 heavy (non-hydrogen) atoms. The second-order valence-corrected chi connectivity index (χ2v) is 5.75. The Hall–Kier alpha value is -0.870. The Kier molecular flexibility index (Phi) is 6.36. The van der Waals surface area contributed by atoms with Gasteiger partial charge in [0, 0.05) is 18.0 Å². The number of thiophene rings is 1. The van der Waals surface area contributed by atoms with Crippen LogP contribution in [0.25, 0.3) is 0 Å². The Labute approximate surface area is 113 Å². The van der Waals surface area contributed by atoms with Crippen LogP contribution in [0.5, 0.6) is 0 Å². The Bertz CT molecular complexity index is 372. The van der Waals surface area contributed by atoms with Gasteiger partial charge in [-0.25, -0.2) is 4.79 Å². The maximum atomic E-state index is 10.8. The van der Waals surface area contributed by atoms with Gasteiger partial charge in [0.15, 0.2) is 0 Å². The zero-order chi connectivity index (χ0) is 13.5. The second-order valence-electron chi connectivity index (χ2n) is 4.58. The summed E-state index contributed by atoms with van der Waals surface area (Å²) in [6.45, 7) is 9.60. The fourth-order valence-corrected chi connectivity index (χ4v) is 2.90. The molecule has 1 rings (SSSR count). The largest absolute Gasteiger partial charge is 0.477 e. The Morgan fingerprint density at radius 2 is 2.00 bits per heavy atom. The highest BCUT2D eigenvalue weighted by molar-refractivity contribution is 7.13. The van der Waals surface area contributed by atoms with Gasteiger partial charge in [0.1, 0.15) is 4.88 Å². The summed E-state index contributed by atoms with van der Waals surface area (Å²) in [4.78, 5) is 14.8. The summed E-state index contributed by atoms with van der Waals surface area (Å²) in [5.41, 5.74) is 0. The summed E-state index contributed by atoms with van der Waals surface area (Å²) in [6.07, 6.45) is 2.41. The van der Waals surface area contributed by atoms with E-state index in [1.165, 1.54) is 24.2 Å². The Morgan fingerprint density at radius 3 is 2.44 bits per heavy atom. The summed E-state index contributed by atoms with van der Waals surface area (Å²) in [5, 5.41) is 8.91. The van der Waals surface area contributed by atoms with Crippen molar-refractivity contribution in [3.63, 3.8) is 0 Å². The first kappa shape index (κ1) is 15.2. The van der Waals surface area contributed by atoms with Crippen LogP contribution in [0.1, 0.15) is 48.2 Å². The number of carboxylic acid groups (broad SMARTS) is 1. The van der Waals surface area contributed by atoms with Crippen molar-refractivity contribution in [3.05, 3.63) is 21.9 Å². The average molecular weight is 269 g/mol. The minimum absolute atomic E-state index is 0.434. The number of rotatable bonds is 8. The number of carboxylic acids is 1. The summed E-state index contributed by atoms with van der Waals surface area (Å²) in [6, 6.07) is 3.64. The molecule has 0 saturated heterocycles. The van der Waals surface area contributed by atoms with E-state index in [2.05, 4.69) is 25.7 Å². The quantitative estimate of drug-likeness (QED) is 0.782. The molecule has 0 spiro atoms. The molecule has 4 heteroatoms. The van der Waals surface area contributed by atoms with Crippen molar-refractivity contribution in [2.45, 2.75) is 40.2 Å². The van der Waals surface area contributed by atoms with E-state index < -0.39 is 5.97 Å². The van der Waals surface area contributed by atoms with Crippen molar-refractivity contribution in [1.82, 2.24) is 4.90 Å². The molecule has 1 aromatic rings. The fourth-order valence-electron chi connectivity index (χ4n) is 2.02. The monoisotopic (exact) mass is 269 g/mol. The van der Waals surface area contributed by atoms with Crippen LogP contribution in [0.2, 0.25) is 0 Å². The molecular weight excluding hydrogens is 246 g/mol. The summed E-state index contributed by atoms with van der Waals surface area (Å²) in [7, 11) is 0. The normalized spacial score (nSPS) is 11.4. The van der Waals surface area contributed by atoms with Gasteiger partial charge in [0.05, 0.1) is 0 Å². The lowest BCUT2D eigenvalue weighted by molar-refractivity contribution is 0.0702.